The first-order chi connectivity index (χ1) is 12.1. The largest absolute Gasteiger partial charge is 0.481 e. The number of carboxylic acid groups (broad SMARTS) is 1. The van der Waals surface area contributed by atoms with E-state index >= 15 is 0 Å². The van der Waals surface area contributed by atoms with Crippen LogP contribution in [-0.2, 0) is 22.6 Å². The van der Waals surface area contributed by atoms with E-state index in [-0.39, 0.29) is 13.0 Å². The number of carbonyl (C=O) groups is 2. The van der Waals surface area contributed by atoms with E-state index in [1.165, 1.54) is 0 Å². The lowest BCUT2D eigenvalue weighted by Crippen LogP contribution is -2.24. The second-order valence-corrected chi connectivity index (χ2v) is 5.27. The molecule has 0 aliphatic rings. The lowest BCUT2D eigenvalue weighted by molar-refractivity contribution is -0.136. The molecule has 128 valence electrons. The molecule has 0 radical (unpaired) electrons. The zero-order valence-electron chi connectivity index (χ0n) is 13.7. The number of carboxylic acids is 1. The van der Waals surface area contributed by atoms with Crippen LogP contribution in [-0.4, -0.2) is 23.7 Å². The minimum atomic E-state index is -0.892. The highest BCUT2D eigenvalue weighted by Gasteiger charge is 2.04. The Kier molecular flexibility index (Phi) is 7.08. The number of amides is 1. The van der Waals surface area contributed by atoms with E-state index < -0.39 is 12.1 Å². The standard InChI is InChI=1S/C20H19NO4/c22-19(23)14-18-12-5-4-10-17(18)11-6-7-13-21-20(24)25-15-16-8-2-1-3-9-16/h1-5,8-10,12H,7,13-15H2,(H,21,24)(H,22,23). The van der Waals surface area contributed by atoms with E-state index in [4.69, 9.17) is 9.84 Å². The van der Waals surface area contributed by atoms with Crippen molar-refractivity contribution in [1.82, 2.24) is 5.32 Å². The molecule has 0 aliphatic heterocycles. The molecule has 0 heterocycles. The van der Waals surface area contributed by atoms with Crippen LogP contribution >= 0.6 is 0 Å². The van der Waals surface area contributed by atoms with Crippen LogP contribution in [0.25, 0.3) is 0 Å². The second kappa shape index (κ2) is 9.78. The third kappa shape index (κ3) is 6.80. The summed E-state index contributed by atoms with van der Waals surface area (Å²) in [6, 6.07) is 16.6. The number of aliphatic carboxylic acids is 1. The quantitative estimate of drug-likeness (QED) is 0.628. The summed E-state index contributed by atoms with van der Waals surface area (Å²) in [4.78, 5) is 22.4. The molecule has 2 aromatic carbocycles. The van der Waals surface area contributed by atoms with Crippen LogP contribution in [0.2, 0.25) is 0 Å². The highest BCUT2D eigenvalue weighted by atomic mass is 16.5. The first kappa shape index (κ1) is 18.1. The molecule has 25 heavy (non-hydrogen) atoms. The summed E-state index contributed by atoms with van der Waals surface area (Å²) >= 11 is 0. The molecule has 1 amide bonds. The Morgan fingerprint density at radius 2 is 1.76 bits per heavy atom. The van der Waals surface area contributed by atoms with Gasteiger partial charge in [-0.25, -0.2) is 4.79 Å². The van der Waals surface area contributed by atoms with E-state index in [1.807, 2.05) is 36.4 Å². The minimum Gasteiger partial charge on any atom is -0.481 e. The van der Waals surface area contributed by atoms with Crippen molar-refractivity contribution in [3.8, 4) is 11.8 Å². The smallest absolute Gasteiger partial charge is 0.407 e. The van der Waals surface area contributed by atoms with Crippen molar-refractivity contribution >= 4 is 12.1 Å². The molecule has 2 rings (SSSR count). The van der Waals surface area contributed by atoms with Crippen molar-refractivity contribution in [1.29, 1.82) is 0 Å². The highest BCUT2D eigenvalue weighted by Crippen LogP contribution is 2.08. The molecule has 0 aliphatic carbocycles. The molecular formula is C20H19NO4. The summed E-state index contributed by atoms with van der Waals surface area (Å²) in [5, 5.41) is 11.5. The van der Waals surface area contributed by atoms with Gasteiger partial charge in [0.15, 0.2) is 0 Å². The molecule has 2 aromatic rings. The number of nitrogens with one attached hydrogen (secondary N) is 1. The molecule has 0 fully saturated rings. The zero-order chi connectivity index (χ0) is 17.9. The lowest BCUT2D eigenvalue weighted by atomic mass is 10.1. The van der Waals surface area contributed by atoms with Gasteiger partial charge in [0.25, 0.3) is 0 Å². The van der Waals surface area contributed by atoms with E-state index in [1.54, 1.807) is 18.2 Å². The Hall–Kier alpha value is -3.26. The molecule has 0 bridgehead atoms. The fourth-order valence-electron chi connectivity index (χ4n) is 2.12. The van der Waals surface area contributed by atoms with E-state index in [0.717, 1.165) is 5.56 Å². The molecule has 0 atom stereocenters. The van der Waals surface area contributed by atoms with Crippen molar-refractivity contribution in [3.05, 3.63) is 71.3 Å². The van der Waals surface area contributed by atoms with Gasteiger partial charge in [-0.2, -0.15) is 0 Å². The number of hydrogen-bond donors (Lipinski definition) is 2. The summed E-state index contributed by atoms with van der Waals surface area (Å²) in [5.41, 5.74) is 2.29. The average Bonchev–Trinajstić information content (AvgIpc) is 2.61. The Balaban J connectivity index is 1.74. The molecular weight excluding hydrogens is 318 g/mol. The van der Waals surface area contributed by atoms with Crippen molar-refractivity contribution in [2.75, 3.05) is 6.54 Å². The third-order valence-corrected chi connectivity index (χ3v) is 3.31. The van der Waals surface area contributed by atoms with Gasteiger partial charge in [-0.05, 0) is 17.2 Å². The van der Waals surface area contributed by atoms with Crippen LogP contribution in [0.1, 0.15) is 23.1 Å². The Morgan fingerprint density at radius 1 is 1.04 bits per heavy atom. The van der Waals surface area contributed by atoms with Gasteiger partial charge in [0.05, 0.1) is 6.42 Å². The van der Waals surface area contributed by atoms with Gasteiger partial charge in [-0.1, -0.05) is 60.4 Å². The number of carbonyl (C=O) groups excluding carboxylic acids is 1. The van der Waals surface area contributed by atoms with Gasteiger partial charge in [0.2, 0.25) is 0 Å². The molecule has 0 unspecified atom stereocenters. The fourth-order valence-corrected chi connectivity index (χ4v) is 2.12. The summed E-state index contributed by atoms with van der Waals surface area (Å²) in [5.74, 6) is 4.98. The summed E-state index contributed by atoms with van der Waals surface area (Å²) in [6.45, 7) is 0.586. The SMILES string of the molecule is O=C(O)Cc1ccccc1C#CCCNC(=O)OCc1ccccc1. The maximum atomic E-state index is 11.6. The molecule has 0 saturated heterocycles. The van der Waals surface area contributed by atoms with E-state index in [0.29, 0.717) is 24.1 Å². The average molecular weight is 337 g/mol. The Bertz CT molecular complexity index is 775. The highest BCUT2D eigenvalue weighted by molar-refractivity contribution is 5.71. The number of benzene rings is 2. The molecule has 5 nitrogen and oxygen atoms in total. The Labute approximate surface area is 146 Å². The van der Waals surface area contributed by atoms with E-state index in [9.17, 15) is 9.59 Å². The molecule has 0 spiro atoms. The summed E-state index contributed by atoms with van der Waals surface area (Å²) in [7, 11) is 0. The summed E-state index contributed by atoms with van der Waals surface area (Å²) < 4.78 is 5.09. The minimum absolute atomic E-state index is 0.0606. The van der Waals surface area contributed by atoms with Gasteiger partial charge < -0.3 is 15.2 Å². The van der Waals surface area contributed by atoms with Gasteiger partial charge in [0.1, 0.15) is 6.61 Å². The zero-order valence-corrected chi connectivity index (χ0v) is 13.7. The van der Waals surface area contributed by atoms with Crippen LogP contribution in [0, 0.1) is 11.8 Å². The lowest BCUT2D eigenvalue weighted by Gasteiger charge is -2.05. The molecule has 0 aromatic heterocycles. The van der Waals surface area contributed by atoms with Crippen LogP contribution in [0.4, 0.5) is 4.79 Å². The van der Waals surface area contributed by atoms with Crippen LogP contribution in [0.5, 0.6) is 0 Å². The van der Waals surface area contributed by atoms with Gasteiger partial charge in [0, 0.05) is 18.5 Å². The van der Waals surface area contributed by atoms with Crippen LogP contribution in [0.15, 0.2) is 54.6 Å². The molecule has 0 saturated carbocycles. The topological polar surface area (TPSA) is 75.6 Å². The van der Waals surface area contributed by atoms with Crippen LogP contribution in [0.3, 0.4) is 0 Å². The molecule has 2 N–H and O–H groups in total. The number of alkyl carbamates (subject to hydrolysis) is 1. The maximum absolute atomic E-state index is 11.6. The third-order valence-electron chi connectivity index (χ3n) is 3.31. The van der Waals surface area contributed by atoms with Crippen molar-refractivity contribution in [2.24, 2.45) is 0 Å². The van der Waals surface area contributed by atoms with Crippen LogP contribution < -0.4 is 5.32 Å². The van der Waals surface area contributed by atoms with Gasteiger partial charge in [-0.3, -0.25) is 4.79 Å². The maximum Gasteiger partial charge on any atom is 0.407 e. The van der Waals surface area contributed by atoms with Crippen molar-refractivity contribution < 1.29 is 19.4 Å². The van der Waals surface area contributed by atoms with Gasteiger partial charge in [-0.15, -0.1) is 0 Å². The van der Waals surface area contributed by atoms with E-state index in [2.05, 4.69) is 17.2 Å². The van der Waals surface area contributed by atoms with Gasteiger partial charge >= 0.3 is 12.1 Å². The fraction of sp³-hybridized carbons (Fsp3) is 0.200. The monoisotopic (exact) mass is 337 g/mol. The normalized spacial score (nSPS) is 9.60. The number of hydrogen-bond acceptors (Lipinski definition) is 3. The van der Waals surface area contributed by atoms with Crippen molar-refractivity contribution in [3.63, 3.8) is 0 Å². The van der Waals surface area contributed by atoms with Crippen molar-refractivity contribution in [2.45, 2.75) is 19.4 Å². The number of ether oxygens (including phenoxy) is 1. The predicted molar refractivity (Wildman–Crippen MR) is 93.9 cm³/mol. The molecule has 5 heteroatoms. The second-order valence-electron chi connectivity index (χ2n) is 5.27. The summed E-state index contributed by atoms with van der Waals surface area (Å²) in [6.07, 6.45) is -0.103. The first-order valence-electron chi connectivity index (χ1n) is 7.88. The first-order valence-corrected chi connectivity index (χ1v) is 7.88. The number of rotatable bonds is 6. The Morgan fingerprint density at radius 3 is 2.52 bits per heavy atom. The predicted octanol–water partition coefficient (Wildman–Crippen LogP) is 2.98.